The molecule has 1 fully saturated rings. The number of amides is 1. The van der Waals surface area contributed by atoms with Gasteiger partial charge in [-0.05, 0) is 12.8 Å². The molecule has 0 aromatic carbocycles. The van der Waals surface area contributed by atoms with Crippen molar-refractivity contribution in [3.05, 3.63) is 16.6 Å². The van der Waals surface area contributed by atoms with Crippen LogP contribution in [0.5, 0.6) is 0 Å². The van der Waals surface area contributed by atoms with E-state index in [-0.39, 0.29) is 30.7 Å². The average Bonchev–Trinajstić information content (AvgIpc) is 2.90. The van der Waals surface area contributed by atoms with Crippen LogP contribution in [-0.2, 0) is 11.2 Å². The zero-order chi connectivity index (χ0) is 11.4. The first-order valence-electron chi connectivity index (χ1n) is 5.65. The maximum absolute atomic E-state index is 11.8. The quantitative estimate of drug-likeness (QED) is 0.892. The molecule has 3 N–H and O–H groups in total. The van der Waals surface area contributed by atoms with E-state index < -0.39 is 5.54 Å². The van der Waals surface area contributed by atoms with Crippen LogP contribution in [0.4, 0.5) is 0 Å². The lowest BCUT2D eigenvalue weighted by Gasteiger charge is -2.22. The van der Waals surface area contributed by atoms with E-state index in [9.17, 15) is 4.79 Å². The van der Waals surface area contributed by atoms with Gasteiger partial charge in [0, 0.05) is 18.3 Å². The summed E-state index contributed by atoms with van der Waals surface area (Å²) in [6.45, 7) is 0.627. The van der Waals surface area contributed by atoms with E-state index in [4.69, 9.17) is 5.73 Å². The minimum Gasteiger partial charge on any atom is -0.354 e. The van der Waals surface area contributed by atoms with Crippen LogP contribution in [-0.4, -0.2) is 23.0 Å². The molecule has 1 aliphatic rings. The highest BCUT2D eigenvalue weighted by atomic mass is 35.5. The summed E-state index contributed by atoms with van der Waals surface area (Å²) < 4.78 is 0. The zero-order valence-electron chi connectivity index (χ0n) is 10.1. The van der Waals surface area contributed by atoms with E-state index in [0.717, 1.165) is 37.8 Å². The van der Waals surface area contributed by atoms with Crippen molar-refractivity contribution >= 4 is 42.1 Å². The van der Waals surface area contributed by atoms with Crippen LogP contribution in [0, 0.1) is 0 Å². The summed E-state index contributed by atoms with van der Waals surface area (Å²) in [5.41, 5.74) is 8.26. The summed E-state index contributed by atoms with van der Waals surface area (Å²) in [4.78, 5) is 16.0. The van der Waals surface area contributed by atoms with Crippen molar-refractivity contribution in [3.8, 4) is 0 Å². The van der Waals surface area contributed by atoms with E-state index in [1.54, 1.807) is 16.8 Å². The third-order valence-corrected chi connectivity index (χ3v) is 3.73. The molecule has 0 unspecified atom stereocenters. The van der Waals surface area contributed by atoms with Crippen molar-refractivity contribution < 1.29 is 4.79 Å². The van der Waals surface area contributed by atoms with E-state index in [2.05, 4.69) is 10.3 Å². The fraction of sp³-hybridized carbons (Fsp3) is 0.636. The molecule has 4 nitrogen and oxygen atoms in total. The third-order valence-electron chi connectivity index (χ3n) is 3.10. The van der Waals surface area contributed by atoms with Gasteiger partial charge >= 0.3 is 0 Å². The van der Waals surface area contributed by atoms with E-state index in [1.807, 2.05) is 5.38 Å². The van der Waals surface area contributed by atoms with E-state index in [1.165, 1.54) is 0 Å². The predicted octanol–water partition coefficient (Wildman–Crippen LogP) is 1.92. The maximum atomic E-state index is 11.8. The second-order valence-electron chi connectivity index (χ2n) is 4.35. The van der Waals surface area contributed by atoms with Crippen molar-refractivity contribution in [2.45, 2.75) is 37.6 Å². The van der Waals surface area contributed by atoms with Crippen molar-refractivity contribution in [1.29, 1.82) is 0 Å². The Kier molecular flexibility index (Phi) is 7.78. The fourth-order valence-corrected chi connectivity index (χ4v) is 2.67. The largest absolute Gasteiger partial charge is 0.354 e. The van der Waals surface area contributed by atoms with Crippen LogP contribution in [0.2, 0.25) is 0 Å². The van der Waals surface area contributed by atoms with Crippen LogP contribution in [0.15, 0.2) is 10.9 Å². The molecule has 0 radical (unpaired) electrons. The second kappa shape index (κ2) is 7.94. The molecule has 7 heteroatoms. The van der Waals surface area contributed by atoms with E-state index in [0.29, 0.717) is 6.54 Å². The molecule has 18 heavy (non-hydrogen) atoms. The summed E-state index contributed by atoms with van der Waals surface area (Å²) in [7, 11) is 0. The Labute approximate surface area is 124 Å². The van der Waals surface area contributed by atoms with Gasteiger partial charge in [-0.15, -0.1) is 36.2 Å². The molecule has 1 saturated carbocycles. The SMILES string of the molecule is Cl.Cl.NC1(C(=O)NCCc2cscn2)CCCC1. The number of hydrogen-bond acceptors (Lipinski definition) is 4. The number of rotatable bonds is 4. The van der Waals surface area contributed by atoms with Gasteiger partial charge in [0.05, 0.1) is 16.7 Å². The highest BCUT2D eigenvalue weighted by molar-refractivity contribution is 7.07. The van der Waals surface area contributed by atoms with Crippen LogP contribution in [0.1, 0.15) is 31.4 Å². The Morgan fingerprint density at radius 2 is 2.11 bits per heavy atom. The number of thiazole rings is 1. The molecule has 0 aliphatic heterocycles. The molecule has 0 atom stereocenters. The standard InChI is InChI=1S/C11H17N3OS.2ClH/c12-11(4-1-2-5-11)10(15)13-6-3-9-7-16-8-14-9;;/h7-8H,1-6,12H2,(H,13,15);2*1H. The first-order chi connectivity index (χ1) is 7.71. The van der Waals surface area contributed by atoms with Crippen molar-refractivity contribution in [1.82, 2.24) is 10.3 Å². The molecule has 0 bridgehead atoms. The highest BCUT2D eigenvalue weighted by Crippen LogP contribution is 2.27. The number of nitrogens with one attached hydrogen (secondary N) is 1. The van der Waals surface area contributed by atoms with Gasteiger partial charge in [0.15, 0.2) is 0 Å². The van der Waals surface area contributed by atoms with Crippen LogP contribution < -0.4 is 11.1 Å². The number of halogens is 2. The molecule has 1 amide bonds. The number of carbonyl (C=O) groups is 1. The van der Waals surface area contributed by atoms with Gasteiger partial charge < -0.3 is 11.1 Å². The highest BCUT2D eigenvalue weighted by Gasteiger charge is 2.36. The van der Waals surface area contributed by atoms with Gasteiger partial charge in [0.25, 0.3) is 0 Å². The van der Waals surface area contributed by atoms with Gasteiger partial charge in [-0.25, -0.2) is 4.98 Å². The summed E-state index contributed by atoms with van der Waals surface area (Å²) in [6.07, 6.45) is 4.54. The third kappa shape index (κ3) is 4.39. The molecule has 1 heterocycles. The molecular weight excluding hydrogens is 293 g/mol. The summed E-state index contributed by atoms with van der Waals surface area (Å²) in [5.74, 6) is 0.000213. The Morgan fingerprint density at radius 1 is 1.44 bits per heavy atom. The minimum atomic E-state index is -0.609. The predicted molar refractivity (Wildman–Crippen MR) is 78.7 cm³/mol. The van der Waals surface area contributed by atoms with Gasteiger partial charge in [0.1, 0.15) is 0 Å². The topological polar surface area (TPSA) is 68.0 Å². The summed E-state index contributed by atoms with van der Waals surface area (Å²) in [5, 5.41) is 4.90. The van der Waals surface area contributed by atoms with Crippen LogP contribution in [0.3, 0.4) is 0 Å². The van der Waals surface area contributed by atoms with Gasteiger partial charge in [-0.1, -0.05) is 12.8 Å². The lowest BCUT2D eigenvalue weighted by Crippen LogP contribution is -2.52. The summed E-state index contributed by atoms with van der Waals surface area (Å²) >= 11 is 1.57. The Hall–Kier alpha value is -0.360. The molecule has 1 aromatic heterocycles. The minimum absolute atomic E-state index is 0. The number of nitrogens with two attached hydrogens (primary N) is 1. The normalized spacial score (nSPS) is 16.5. The molecule has 2 rings (SSSR count). The molecular formula is C11H19Cl2N3OS. The van der Waals surface area contributed by atoms with Crippen molar-refractivity contribution in [2.24, 2.45) is 5.73 Å². The van der Waals surface area contributed by atoms with Gasteiger partial charge in [-0.3, -0.25) is 4.79 Å². The first kappa shape index (κ1) is 17.6. The van der Waals surface area contributed by atoms with Crippen molar-refractivity contribution in [2.75, 3.05) is 6.54 Å². The van der Waals surface area contributed by atoms with Crippen LogP contribution >= 0.6 is 36.2 Å². The Morgan fingerprint density at radius 3 is 2.67 bits per heavy atom. The second-order valence-corrected chi connectivity index (χ2v) is 5.07. The molecule has 1 aliphatic carbocycles. The number of aromatic nitrogens is 1. The van der Waals surface area contributed by atoms with Crippen LogP contribution in [0.25, 0.3) is 0 Å². The molecule has 1 aromatic rings. The Bertz CT molecular complexity index is 353. The number of hydrogen-bond donors (Lipinski definition) is 2. The van der Waals surface area contributed by atoms with Gasteiger partial charge in [-0.2, -0.15) is 0 Å². The number of nitrogens with zero attached hydrogens (tertiary/aromatic N) is 1. The zero-order valence-corrected chi connectivity index (χ0v) is 12.5. The monoisotopic (exact) mass is 311 g/mol. The number of carbonyl (C=O) groups excluding carboxylic acids is 1. The fourth-order valence-electron chi connectivity index (χ4n) is 2.07. The lowest BCUT2D eigenvalue weighted by atomic mass is 9.98. The first-order valence-corrected chi connectivity index (χ1v) is 6.59. The average molecular weight is 312 g/mol. The van der Waals surface area contributed by atoms with Crippen molar-refractivity contribution in [3.63, 3.8) is 0 Å². The summed E-state index contributed by atoms with van der Waals surface area (Å²) in [6, 6.07) is 0. The molecule has 104 valence electrons. The smallest absolute Gasteiger partial charge is 0.240 e. The van der Waals surface area contributed by atoms with Gasteiger partial charge in [0.2, 0.25) is 5.91 Å². The lowest BCUT2D eigenvalue weighted by molar-refractivity contribution is -0.126. The maximum Gasteiger partial charge on any atom is 0.240 e. The molecule has 0 saturated heterocycles. The Balaban J connectivity index is 0.00000144. The molecule has 0 spiro atoms. The van der Waals surface area contributed by atoms with E-state index >= 15 is 0 Å².